The van der Waals surface area contributed by atoms with Gasteiger partial charge >= 0.3 is 6.09 Å². The second-order valence-electron chi connectivity index (χ2n) is 8.33. The lowest BCUT2D eigenvalue weighted by molar-refractivity contribution is 0.135. The zero-order chi connectivity index (χ0) is 18.0. The number of hydrogen-bond acceptors (Lipinski definition) is 3. The van der Waals surface area contributed by atoms with Crippen LogP contribution >= 0.6 is 0 Å². The molecule has 1 unspecified atom stereocenters. The van der Waals surface area contributed by atoms with Crippen molar-refractivity contribution < 1.29 is 14.6 Å². The highest BCUT2D eigenvalue weighted by atomic mass is 16.5. The number of nitrogens with one attached hydrogen (secondary N) is 1. The summed E-state index contributed by atoms with van der Waals surface area (Å²) in [6.07, 6.45) is 2.27. The quantitative estimate of drug-likeness (QED) is 0.861. The molecule has 5 nitrogen and oxygen atoms in total. The lowest BCUT2D eigenvalue weighted by atomic mass is 9.75. The third-order valence-corrected chi connectivity index (χ3v) is 5.45. The predicted molar refractivity (Wildman–Crippen MR) is 98.5 cm³/mol. The lowest BCUT2D eigenvalue weighted by Gasteiger charge is -2.33. The van der Waals surface area contributed by atoms with Gasteiger partial charge in [-0.05, 0) is 61.0 Å². The van der Waals surface area contributed by atoms with E-state index in [2.05, 4.69) is 44.3 Å². The Labute approximate surface area is 150 Å². The molecule has 1 amide bonds. The second kappa shape index (κ2) is 7.24. The van der Waals surface area contributed by atoms with E-state index >= 15 is 0 Å². The van der Waals surface area contributed by atoms with Crippen molar-refractivity contribution in [1.82, 2.24) is 10.2 Å². The van der Waals surface area contributed by atoms with E-state index in [1.54, 1.807) is 4.90 Å². The Morgan fingerprint density at radius 1 is 1.28 bits per heavy atom. The zero-order valence-electron chi connectivity index (χ0n) is 15.5. The molecule has 1 saturated heterocycles. The lowest BCUT2D eigenvalue weighted by Crippen LogP contribution is -2.36. The van der Waals surface area contributed by atoms with Crippen molar-refractivity contribution in [3.05, 3.63) is 29.3 Å². The first-order chi connectivity index (χ1) is 11.8. The molecule has 0 radical (unpaired) electrons. The molecule has 2 aliphatic heterocycles. The summed E-state index contributed by atoms with van der Waals surface area (Å²) in [6, 6.07) is 6.37. The van der Waals surface area contributed by atoms with Crippen LogP contribution in [-0.2, 0) is 6.42 Å². The summed E-state index contributed by atoms with van der Waals surface area (Å²) in [7, 11) is 0. The van der Waals surface area contributed by atoms with Crippen molar-refractivity contribution in [3.8, 4) is 5.75 Å². The summed E-state index contributed by atoms with van der Waals surface area (Å²) in [6.45, 7) is 9.68. The molecule has 3 rings (SSSR count). The number of carboxylic acid groups (broad SMARTS) is 1. The van der Waals surface area contributed by atoms with Crippen molar-refractivity contribution in [3.63, 3.8) is 0 Å². The molecule has 0 saturated carbocycles. The summed E-state index contributed by atoms with van der Waals surface area (Å²) in [4.78, 5) is 13.1. The Balaban J connectivity index is 1.85. The molecule has 0 bridgehead atoms. The Hall–Kier alpha value is -1.75. The Morgan fingerprint density at radius 2 is 2.00 bits per heavy atom. The first-order valence-electron chi connectivity index (χ1n) is 9.32. The van der Waals surface area contributed by atoms with Gasteiger partial charge in [0.1, 0.15) is 11.9 Å². The van der Waals surface area contributed by atoms with Crippen LogP contribution in [0.5, 0.6) is 5.75 Å². The Morgan fingerprint density at radius 3 is 2.64 bits per heavy atom. The van der Waals surface area contributed by atoms with Crippen LogP contribution in [0, 0.1) is 5.41 Å². The monoisotopic (exact) mass is 346 g/mol. The van der Waals surface area contributed by atoms with Gasteiger partial charge in [-0.3, -0.25) is 0 Å². The van der Waals surface area contributed by atoms with Gasteiger partial charge in [0, 0.05) is 19.0 Å². The summed E-state index contributed by atoms with van der Waals surface area (Å²) in [5.41, 5.74) is 2.51. The van der Waals surface area contributed by atoms with E-state index in [4.69, 9.17) is 4.74 Å². The van der Waals surface area contributed by atoms with Gasteiger partial charge in [0.25, 0.3) is 0 Å². The number of amides is 1. The number of piperidine rings is 1. The largest absolute Gasteiger partial charge is 0.490 e. The molecular formula is C20H30N2O3. The van der Waals surface area contributed by atoms with Gasteiger partial charge < -0.3 is 20.1 Å². The van der Waals surface area contributed by atoms with Gasteiger partial charge in [-0.25, -0.2) is 4.79 Å². The fraction of sp³-hybridized carbons (Fsp3) is 0.650. The molecule has 1 aromatic rings. The fourth-order valence-electron chi connectivity index (χ4n) is 3.90. The first kappa shape index (κ1) is 18.1. The van der Waals surface area contributed by atoms with E-state index in [-0.39, 0.29) is 17.4 Å². The molecule has 0 spiro atoms. The molecule has 2 heterocycles. The third-order valence-electron chi connectivity index (χ3n) is 5.45. The normalized spacial score (nSPS) is 22.2. The van der Waals surface area contributed by atoms with E-state index in [0.717, 1.165) is 38.1 Å². The molecule has 5 heteroatoms. The molecular weight excluding hydrogens is 316 g/mol. The number of hydrogen-bond donors (Lipinski definition) is 2. The molecule has 2 N–H and O–H groups in total. The van der Waals surface area contributed by atoms with Crippen LogP contribution in [0.1, 0.15) is 50.7 Å². The van der Waals surface area contributed by atoms with Crippen LogP contribution in [0.2, 0.25) is 0 Å². The standard InChI is InChI=1S/C20H30N2O3/c1-20(2,3)18-13-22(19(23)24)11-8-14-12-16(4-5-17(14)18)25-15-6-9-21-10-7-15/h4-5,12,15,18,21H,6-11,13H2,1-3H3,(H,23,24). The molecule has 1 atom stereocenters. The van der Waals surface area contributed by atoms with E-state index < -0.39 is 6.09 Å². The molecule has 0 aromatic heterocycles. The van der Waals surface area contributed by atoms with E-state index in [9.17, 15) is 9.90 Å². The highest BCUT2D eigenvalue weighted by Gasteiger charge is 2.33. The predicted octanol–water partition coefficient (Wildman–Crippen LogP) is 3.48. The highest BCUT2D eigenvalue weighted by Crippen LogP contribution is 2.40. The maximum absolute atomic E-state index is 11.6. The zero-order valence-corrected chi connectivity index (χ0v) is 15.5. The molecule has 0 aliphatic carbocycles. The van der Waals surface area contributed by atoms with Crippen molar-refractivity contribution in [2.24, 2.45) is 5.41 Å². The number of benzene rings is 1. The smallest absolute Gasteiger partial charge is 0.407 e. The van der Waals surface area contributed by atoms with Gasteiger partial charge in [0.2, 0.25) is 0 Å². The van der Waals surface area contributed by atoms with Crippen molar-refractivity contribution >= 4 is 6.09 Å². The molecule has 1 fully saturated rings. The van der Waals surface area contributed by atoms with Gasteiger partial charge in [-0.1, -0.05) is 26.8 Å². The summed E-state index contributed by atoms with van der Waals surface area (Å²) in [5.74, 6) is 1.11. The molecule has 25 heavy (non-hydrogen) atoms. The third kappa shape index (κ3) is 4.27. The van der Waals surface area contributed by atoms with E-state index in [1.807, 2.05) is 0 Å². The second-order valence-corrected chi connectivity index (χ2v) is 8.33. The topological polar surface area (TPSA) is 61.8 Å². The summed E-state index contributed by atoms with van der Waals surface area (Å²) >= 11 is 0. The van der Waals surface area contributed by atoms with Crippen molar-refractivity contribution in [2.45, 2.75) is 52.1 Å². The van der Waals surface area contributed by atoms with Crippen LogP contribution in [0.25, 0.3) is 0 Å². The first-order valence-corrected chi connectivity index (χ1v) is 9.32. The Bertz CT molecular complexity index is 618. The van der Waals surface area contributed by atoms with Gasteiger partial charge in [-0.15, -0.1) is 0 Å². The SMILES string of the molecule is CC(C)(C)C1CN(C(=O)O)CCc2cc(OC3CCNCC3)ccc21. The molecule has 2 aliphatic rings. The maximum atomic E-state index is 11.6. The molecule has 1 aromatic carbocycles. The number of fused-ring (bicyclic) bond motifs is 1. The maximum Gasteiger partial charge on any atom is 0.407 e. The number of ether oxygens (including phenoxy) is 1. The van der Waals surface area contributed by atoms with E-state index in [0.29, 0.717) is 13.1 Å². The minimum absolute atomic E-state index is 0.00417. The fourth-order valence-corrected chi connectivity index (χ4v) is 3.90. The number of rotatable bonds is 2. The van der Waals surface area contributed by atoms with Crippen molar-refractivity contribution in [1.29, 1.82) is 0 Å². The van der Waals surface area contributed by atoms with Crippen LogP contribution in [0.4, 0.5) is 4.79 Å². The van der Waals surface area contributed by atoms with Gasteiger partial charge in [-0.2, -0.15) is 0 Å². The average Bonchev–Trinajstić information content (AvgIpc) is 2.75. The van der Waals surface area contributed by atoms with E-state index in [1.165, 1.54) is 11.1 Å². The van der Waals surface area contributed by atoms with Crippen LogP contribution in [-0.4, -0.2) is 48.4 Å². The highest BCUT2D eigenvalue weighted by molar-refractivity contribution is 5.65. The van der Waals surface area contributed by atoms with Crippen LogP contribution < -0.4 is 10.1 Å². The minimum Gasteiger partial charge on any atom is -0.490 e. The number of carbonyl (C=O) groups is 1. The summed E-state index contributed by atoms with van der Waals surface area (Å²) < 4.78 is 6.19. The van der Waals surface area contributed by atoms with Crippen LogP contribution in [0.3, 0.4) is 0 Å². The molecule has 138 valence electrons. The van der Waals surface area contributed by atoms with Gasteiger partial charge in [0.15, 0.2) is 0 Å². The van der Waals surface area contributed by atoms with Crippen molar-refractivity contribution in [2.75, 3.05) is 26.2 Å². The van der Waals surface area contributed by atoms with Gasteiger partial charge in [0.05, 0.1) is 0 Å². The van der Waals surface area contributed by atoms with Crippen LogP contribution in [0.15, 0.2) is 18.2 Å². The Kier molecular flexibility index (Phi) is 5.23. The number of nitrogens with zero attached hydrogens (tertiary/aromatic N) is 1. The summed E-state index contributed by atoms with van der Waals surface area (Å²) in [5, 5.41) is 12.8. The minimum atomic E-state index is -0.826. The average molecular weight is 346 g/mol.